The molecule has 0 aliphatic heterocycles. The fraction of sp³-hybridized carbons (Fsp3) is 0.278. The number of pyridine rings is 1. The summed E-state index contributed by atoms with van der Waals surface area (Å²) in [6, 6.07) is 5.12. The largest absolute Gasteiger partial charge is 0.493 e. The van der Waals surface area contributed by atoms with Gasteiger partial charge < -0.3 is 23.5 Å². The number of nitrogens with zero attached hydrogens (tertiary/aromatic N) is 6. The lowest BCUT2D eigenvalue weighted by molar-refractivity contribution is 0.255. The molecule has 29 heavy (non-hydrogen) atoms. The third kappa shape index (κ3) is 3.37. The van der Waals surface area contributed by atoms with E-state index in [9.17, 15) is 0 Å². The van der Waals surface area contributed by atoms with Crippen molar-refractivity contribution in [2.75, 3.05) is 21.3 Å². The molecule has 0 aromatic carbocycles. The summed E-state index contributed by atoms with van der Waals surface area (Å²) in [6.07, 6.45) is 1.61. The maximum absolute atomic E-state index is 5.88. The Morgan fingerprint density at radius 2 is 1.86 bits per heavy atom. The maximum atomic E-state index is 5.88. The third-order valence-electron chi connectivity index (χ3n) is 4.12. The first-order chi connectivity index (χ1) is 14.1. The summed E-state index contributed by atoms with van der Waals surface area (Å²) in [5, 5.41) is 16.7. The first-order valence-electron chi connectivity index (χ1n) is 8.57. The molecule has 0 aliphatic carbocycles. The number of rotatable bonds is 7. The normalized spacial score (nSPS) is 10.9. The van der Waals surface area contributed by atoms with Gasteiger partial charge in [0.25, 0.3) is 5.88 Å². The Morgan fingerprint density at radius 3 is 2.55 bits per heavy atom. The lowest BCUT2D eigenvalue weighted by atomic mass is 10.3. The smallest absolute Gasteiger partial charge is 0.275 e. The van der Waals surface area contributed by atoms with Crippen LogP contribution in [-0.2, 0) is 6.61 Å². The topological polar surface area (TPSA) is 119 Å². The minimum atomic E-state index is 0.0791. The van der Waals surface area contributed by atoms with Gasteiger partial charge in [-0.3, -0.25) is 4.98 Å². The second kappa shape index (κ2) is 7.62. The molecule has 4 rings (SSSR count). The van der Waals surface area contributed by atoms with Gasteiger partial charge in [-0.2, -0.15) is 4.52 Å². The van der Waals surface area contributed by atoms with Crippen LogP contribution in [0, 0.1) is 6.92 Å². The number of aromatic nitrogens is 6. The summed E-state index contributed by atoms with van der Waals surface area (Å²) in [6.45, 7) is 1.87. The quantitative estimate of drug-likeness (QED) is 0.458. The molecule has 0 unspecified atom stereocenters. The molecule has 0 N–H and O–H groups in total. The SMILES string of the molecule is COc1cc2nnc(-c3cc(C)on3)n2nc1OCc1nccc(OC)c1OC. The second-order valence-electron chi connectivity index (χ2n) is 5.92. The average Bonchev–Trinajstić information content (AvgIpc) is 3.36. The van der Waals surface area contributed by atoms with Gasteiger partial charge in [0.2, 0.25) is 5.82 Å². The van der Waals surface area contributed by atoms with Crippen molar-refractivity contribution in [3.05, 3.63) is 35.9 Å². The lowest BCUT2D eigenvalue weighted by Crippen LogP contribution is -2.07. The zero-order valence-corrected chi connectivity index (χ0v) is 16.2. The van der Waals surface area contributed by atoms with Gasteiger partial charge in [-0.05, 0) is 6.92 Å². The maximum Gasteiger partial charge on any atom is 0.275 e. The van der Waals surface area contributed by atoms with Crippen LogP contribution in [0.25, 0.3) is 17.2 Å². The summed E-state index contributed by atoms with van der Waals surface area (Å²) in [4.78, 5) is 4.30. The van der Waals surface area contributed by atoms with Gasteiger partial charge in [0.05, 0.1) is 21.3 Å². The van der Waals surface area contributed by atoms with E-state index in [1.54, 1.807) is 38.4 Å². The molecule has 11 nitrogen and oxygen atoms in total. The summed E-state index contributed by atoms with van der Waals surface area (Å²) in [5.74, 6) is 2.74. The van der Waals surface area contributed by atoms with E-state index >= 15 is 0 Å². The molecule has 4 aromatic heterocycles. The Labute approximate surface area is 165 Å². The third-order valence-corrected chi connectivity index (χ3v) is 4.12. The summed E-state index contributed by atoms with van der Waals surface area (Å²) < 4.78 is 28.6. The van der Waals surface area contributed by atoms with Crippen LogP contribution in [0.2, 0.25) is 0 Å². The highest BCUT2D eigenvalue weighted by Gasteiger charge is 2.19. The van der Waals surface area contributed by atoms with Crippen LogP contribution in [0.15, 0.2) is 28.9 Å². The molecule has 0 saturated heterocycles. The Morgan fingerprint density at radius 1 is 1.03 bits per heavy atom. The standard InChI is InChI=1S/C18H18N6O5/c1-10-7-11(23-29-10)17-21-20-15-8-14(26-3)18(22-24(15)17)28-9-12-16(27-4)13(25-2)5-6-19-12/h5-8H,9H2,1-4H3. The van der Waals surface area contributed by atoms with Gasteiger partial charge in [0.1, 0.15) is 18.1 Å². The van der Waals surface area contributed by atoms with Crippen molar-refractivity contribution >= 4 is 5.65 Å². The molecule has 0 saturated carbocycles. The minimum absolute atomic E-state index is 0.0791. The molecule has 4 heterocycles. The van der Waals surface area contributed by atoms with Crippen molar-refractivity contribution in [3.8, 4) is 34.6 Å². The van der Waals surface area contributed by atoms with Gasteiger partial charge in [-0.25, -0.2) is 0 Å². The molecule has 0 spiro atoms. The zero-order chi connectivity index (χ0) is 20.4. The van der Waals surface area contributed by atoms with Gasteiger partial charge >= 0.3 is 0 Å². The molecular weight excluding hydrogens is 380 g/mol. The van der Waals surface area contributed by atoms with E-state index in [1.165, 1.54) is 18.7 Å². The van der Waals surface area contributed by atoms with Crippen molar-refractivity contribution in [1.82, 2.24) is 30.0 Å². The number of fused-ring (bicyclic) bond motifs is 1. The molecule has 0 atom stereocenters. The van der Waals surface area contributed by atoms with Crippen LogP contribution < -0.4 is 18.9 Å². The summed E-state index contributed by atoms with van der Waals surface area (Å²) in [5.41, 5.74) is 1.53. The fourth-order valence-corrected chi connectivity index (χ4v) is 2.77. The van der Waals surface area contributed by atoms with Crippen LogP contribution in [0.3, 0.4) is 0 Å². The molecule has 0 aliphatic rings. The lowest BCUT2D eigenvalue weighted by Gasteiger charge is -2.13. The predicted molar refractivity (Wildman–Crippen MR) is 99.2 cm³/mol. The van der Waals surface area contributed by atoms with E-state index < -0.39 is 0 Å². The van der Waals surface area contributed by atoms with Gasteiger partial charge in [-0.1, -0.05) is 5.16 Å². The minimum Gasteiger partial charge on any atom is -0.493 e. The Kier molecular flexibility index (Phi) is 4.85. The van der Waals surface area contributed by atoms with Gasteiger partial charge in [0.15, 0.2) is 28.6 Å². The van der Waals surface area contributed by atoms with E-state index in [2.05, 4.69) is 25.4 Å². The molecule has 4 aromatic rings. The second-order valence-corrected chi connectivity index (χ2v) is 5.92. The Hall–Kier alpha value is -3.89. The van der Waals surface area contributed by atoms with Crippen LogP contribution in [-0.4, -0.2) is 51.3 Å². The van der Waals surface area contributed by atoms with Gasteiger partial charge in [0, 0.05) is 24.4 Å². The molecule has 0 bridgehead atoms. The highest BCUT2D eigenvalue weighted by molar-refractivity contribution is 5.57. The zero-order valence-electron chi connectivity index (χ0n) is 16.2. The Bertz CT molecular complexity index is 1160. The molecule has 0 amide bonds. The van der Waals surface area contributed by atoms with Crippen LogP contribution >= 0.6 is 0 Å². The van der Waals surface area contributed by atoms with Crippen molar-refractivity contribution in [3.63, 3.8) is 0 Å². The number of aryl methyl sites for hydroxylation is 1. The van der Waals surface area contributed by atoms with E-state index in [0.717, 1.165) is 0 Å². The number of hydrogen-bond donors (Lipinski definition) is 0. The first-order valence-corrected chi connectivity index (χ1v) is 8.57. The average molecular weight is 398 g/mol. The summed E-state index contributed by atoms with van der Waals surface area (Å²) in [7, 11) is 4.61. The number of hydrogen-bond acceptors (Lipinski definition) is 10. The van der Waals surface area contributed by atoms with Crippen molar-refractivity contribution < 1.29 is 23.5 Å². The predicted octanol–water partition coefficient (Wildman–Crippen LogP) is 2.09. The summed E-state index contributed by atoms with van der Waals surface area (Å²) >= 11 is 0. The van der Waals surface area contributed by atoms with Crippen molar-refractivity contribution in [2.24, 2.45) is 0 Å². The highest BCUT2D eigenvalue weighted by Crippen LogP contribution is 2.32. The molecular formula is C18H18N6O5. The molecule has 11 heteroatoms. The highest BCUT2D eigenvalue weighted by atomic mass is 16.5. The van der Waals surface area contributed by atoms with Crippen molar-refractivity contribution in [2.45, 2.75) is 13.5 Å². The monoisotopic (exact) mass is 398 g/mol. The van der Waals surface area contributed by atoms with Crippen molar-refractivity contribution in [1.29, 1.82) is 0 Å². The first kappa shape index (κ1) is 18.5. The van der Waals surface area contributed by atoms with E-state index in [0.29, 0.717) is 45.9 Å². The molecule has 150 valence electrons. The fourth-order valence-electron chi connectivity index (χ4n) is 2.77. The van der Waals surface area contributed by atoms with E-state index in [1.807, 2.05) is 0 Å². The molecule has 0 fully saturated rings. The van der Waals surface area contributed by atoms with Crippen LogP contribution in [0.1, 0.15) is 11.5 Å². The number of ether oxygens (including phenoxy) is 4. The molecule has 0 radical (unpaired) electrons. The number of methoxy groups -OCH3 is 3. The van der Waals surface area contributed by atoms with Crippen LogP contribution in [0.5, 0.6) is 23.1 Å². The van der Waals surface area contributed by atoms with Gasteiger partial charge in [-0.15, -0.1) is 15.3 Å². The van der Waals surface area contributed by atoms with E-state index in [-0.39, 0.29) is 12.5 Å². The van der Waals surface area contributed by atoms with E-state index in [4.69, 9.17) is 23.5 Å². The Balaban J connectivity index is 1.70. The van der Waals surface area contributed by atoms with Crippen LogP contribution in [0.4, 0.5) is 0 Å².